The van der Waals surface area contributed by atoms with Gasteiger partial charge in [-0.15, -0.1) is 11.3 Å². The molecular weight excluding hydrogens is 262 g/mol. The molecule has 74 valence electrons. The summed E-state index contributed by atoms with van der Waals surface area (Å²) in [6.45, 7) is 4.80. The van der Waals surface area contributed by atoms with E-state index in [1.807, 2.05) is 20.0 Å². The van der Waals surface area contributed by atoms with E-state index in [2.05, 4.69) is 35.8 Å². The van der Waals surface area contributed by atoms with Crippen LogP contribution in [0.3, 0.4) is 0 Å². The molecule has 0 spiro atoms. The molecule has 0 aliphatic rings. The number of halogens is 1. The Morgan fingerprint density at radius 3 is 2.79 bits per heavy atom. The van der Waals surface area contributed by atoms with Gasteiger partial charge in [0.2, 0.25) is 0 Å². The minimum atomic E-state index is 0.797. The van der Waals surface area contributed by atoms with Gasteiger partial charge in [-0.05, 0) is 29.8 Å². The minimum Gasteiger partial charge on any atom is -0.316 e. The molecule has 0 atom stereocenters. The summed E-state index contributed by atoms with van der Waals surface area (Å²) in [5.41, 5.74) is 1.08. The van der Waals surface area contributed by atoms with Gasteiger partial charge in [-0.1, -0.05) is 0 Å². The lowest BCUT2D eigenvalue weighted by molar-refractivity contribution is 0.740. The van der Waals surface area contributed by atoms with Crippen molar-refractivity contribution in [3.05, 3.63) is 32.7 Å². The van der Waals surface area contributed by atoms with E-state index in [9.17, 15) is 0 Å². The fourth-order valence-corrected chi connectivity index (χ4v) is 2.49. The van der Waals surface area contributed by atoms with E-state index in [1.165, 1.54) is 0 Å². The lowest BCUT2D eigenvalue weighted by atomic mass is 10.5. The smallest absolute Gasteiger partial charge is 0.113 e. The molecule has 0 saturated heterocycles. The average Bonchev–Trinajstić information content (AvgIpc) is 2.67. The standard InChI is InChI=1S/C9H10BrN3S/c1-6-5-14-9(12-6)4-13-7(2)11-3-8(13)10/h3,5H,4H2,1-2H3. The van der Waals surface area contributed by atoms with E-state index >= 15 is 0 Å². The van der Waals surface area contributed by atoms with Crippen LogP contribution in [-0.2, 0) is 6.54 Å². The summed E-state index contributed by atoms with van der Waals surface area (Å²) < 4.78 is 3.10. The first-order valence-electron chi connectivity index (χ1n) is 4.25. The van der Waals surface area contributed by atoms with Gasteiger partial charge >= 0.3 is 0 Å². The molecule has 0 N–H and O–H groups in total. The van der Waals surface area contributed by atoms with Crippen LogP contribution in [0, 0.1) is 13.8 Å². The van der Waals surface area contributed by atoms with Crippen molar-refractivity contribution in [1.82, 2.24) is 14.5 Å². The Balaban J connectivity index is 2.26. The highest BCUT2D eigenvalue weighted by Crippen LogP contribution is 2.16. The van der Waals surface area contributed by atoms with Crippen molar-refractivity contribution in [1.29, 1.82) is 0 Å². The maximum Gasteiger partial charge on any atom is 0.113 e. The second kappa shape index (κ2) is 3.82. The molecule has 0 radical (unpaired) electrons. The third-order valence-electron chi connectivity index (χ3n) is 1.97. The predicted octanol–water partition coefficient (Wildman–Crippen LogP) is 2.77. The summed E-state index contributed by atoms with van der Waals surface area (Å²) in [5.74, 6) is 1.00. The summed E-state index contributed by atoms with van der Waals surface area (Å²) >= 11 is 5.14. The molecule has 0 aliphatic carbocycles. The molecule has 3 nitrogen and oxygen atoms in total. The molecule has 2 rings (SSSR count). The summed E-state index contributed by atoms with van der Waals surface area (Å²) in [7, 11) is 0. The van der Waals surface area contributed by atoms with Crippen molar-refractivity contribution in [2.45, 2.75) is 20.4 Å². The number of aryl methyl sites for hydroxylation is 2. The van der Waals surface area contributed by atoms with E-state index in [0.717, 1.165) is 27.7 Å². The molecule has 2 aromatic heterocycles. The van der Waals surface area contributed by atoms with Crippen molar-refractivity contribution >= 4 is 27.3 Å². The zero-order valence-corrected chi connectivity index (χ0v) is 10.4. The van der Waals surface area contributed by atoms with Crippen molar-refractivity contribution in [3.8, 4) is 0 Å². The summed E-state index contributed by atoms with van der Waals surface area (Å²) in [5, 5.41) is 3.18. The van der Waals surface area contributed by atoms with Crippen LogP contribution in [0.2, 0.25) is 0 Å². The molecule has 0 amide bonds. The van der Waals surface area contributed by atoms with E-state index in [-0.39, 0.29) is 0 Å². The zero-order valence-electron chi connectivity index (χ0n) is 7.99. The first kappa shape index (κ1) is 9.86. The van der Waals surface area contributed by atoms with E-state index in [4.69, 9.17) is 0 Å². The van der Waals surface area contributed by atoms with Gasteiger partial charge < -0.3 is 4.57 Å². The highest BCUT2D eigenvalue weighted by Gasteiger charge is 2.06. The molecule has 14 heavy (non-hydrogen) atoms. The van der Waals surface area contributed by atoms with E-state index < -0.39 is 0 Å². The van der Waals surface area contributed by atoms with Gasteiger partial charge in [0, 0.05) is 11.1 Å². The number of hydrogen-bond donors (Lipinski definition) is 0. The van der Waals surface area contributed by atoms with Crippen LogP contribution in [0.15, 0.2) is 16.2 Å². The highest BCUT2D eigenvalue weighted by atomic mass is 79.9. The van der Waals surface area contributed by atoms with Crippen LogP contribution in [0.25, 0.3) is 0 Å². The summed E-state index contributed by atoms with van der Waals surface area (Å²) in [6, 6.07) is 0. The Bertz CT molecular complexity index is 427. The Hall–Kier alpha value is -0.680. The maximum atomic E-state index is 4.42. The number of thiazole rings is 1. The van der Waals surface area contributed by atoms with Crippen molar-refractivity contribution in [2.24, 2.45) is 0 Å². The third kappa shape index (κ3) is 1.88. The topological polar surface area (TPSA) is 30.7 Å². The molecule has 0 aliphatic heterocycles. The quantitative estimate of drug-likeness (QED) is 0.841. The number of aromatic nitrogens is 3. The number of nitrogens with zero attached hydrogens (tertiary/aromatic N) is 3. The summed E-state index contributed by atoms with van der Waals surface area (Å²) in [6.07, 6.45) is 1.82. The Morgan fingerprint density at radius 2 is 2.29 bits per heavy atom. The van der Waals surface area contributed by atoms with E-state index in [1.54, 1.807) is 11.3 Å². The number of imidazole rings is 1. The molecule has 0 unspecified atom stereocenters. The molecule has 2 heterocycles. The molecule has 0 aromatic carbocycles. The van der Waals surface area contributed by atoms with Crippen molar-refractivity contribution in [2.75, 3.05) is 0 Å². The van der Waals surface area contributed by atoms with Crippen LogP contribution in [0.4, 0.5) is 0 Å². The Morgan fingerprint density at radius 1 is 1.50 bits per heavy atom. The molecule has 0 saturated carbocycles. The fourth-order valence-electron chi connectivity index (χ4n) is 1.24. The maximum absolute atomic E-state index is 4.42. The first-order valence-corrected chi connectivity index (χ1v) is 5.92. The monoisotopic (exact) mass is 271 g/mol. The van der Waals surface area contributed by atoms with Gasteiger partial charge in [0.15, 0.2) is 0 Å². The predicted molar refractivity (Wildman–Crippen MR) is 60.6 cm³/mol. The normalized spacial score (nSPS) is 10.8. The van der Waals surface area contributed by atoms with Gasteiger partial charge in [0.05, 0.1) is 12.7 Å². The lowest BCUT2D eigenvalue weighted by Gasteiger charge is -2.03. The summed E-state index contributed by atoms with van der Waals surface area (Å²) in [4.78, 5) is 8.63. The minimum absolute atomic E-state index is 0.797. The zero-order chi connectivity index (χ0) is 10.1. The fraction of sp³-hybridized carbons (Fsp3) is 0.333. The molecule has 0 fully saturated rings. The number of rotatable bonds is 2. The van der Waals surface area contributed by atoms with Gasteiger partial charge in [0.1, 0.15) is 15.4 Å². The third-order valence-corrected chi connectivity index (χ3v) is 3.55. The van der Waals surface area contributed by atoms with Gasteiger partial charge in [-0.25, -0.2) is 9.97 Å². The number of hydrogen-bond acceptors (Lipinski definition) is 3. The van der Waals surface area contributed by atoms with Crippen LogP contribution < -0.4 is 0 Å². The van der Waals surface area contributed by atoms with Crippen molar-refractivity contribution < 1.29 is 0 Å². The van der Waals surface area contributed by atoms with E-state index in [0.29, 0.717) is 0 Å². The van der Waals surface area contributed by atoms with Crippen LogP contribution >= 0.6 is 27.3 Å². The molecule has 5 heteroatoms. The second-order valence-corrected chi connectivity index (χ2v) is 4.85. The van der Waals surface area contributed by atoms with Gasteiger partial charge in [0.25, 0.3) is 0 Å². The van der Waals surface area contributed by atoms with Crippen LogP contribution in [0.5, 0.6) is 0 Å². The second-order valence-electron chi connectivity index (χ2n) is 3.10. The first-order chi connectivity index (χ1) is 6.66. The lowest BCUT2D eigenvalue weighted by Crippen LogP contribution is -2.01. The Labute approximate surface area is 94.9 Å². The van der Waals surface area contributed by atoms with Gasteiger partial charge in [-0.2, -0.15) is 0 Å². The Kier molecular flexibility index (Phi) is 2.69. The van der Waals surface area contributed by atoms with Crippen LogP contribution in [0.1, 0.15) is 16.5 Å². The highest BCUT2D eigenvalue weighted by molar-refractivity contribution is 9.10. The SMILES string of the molecule is Cc1csc(Cn2c(Br)cnc2C)n1. The largest absolute Gasteiger partial charge is 0.316 e. The average molecular weight is 272 g/mol. The molecule has 2 aromatic rings. The molecule has 0 bridgehead atoms. The van der Waals surface area contributed by atoms with Crippen LogP contribution in [-0.4, -0.2) is 14.5 Å². The van der Waals surface area contributed by atoms with Gasteiger partial charge in [-0.3, -0.25) is 0 Å². The van der Waals surface area contributed by atoms with Crippen molar-refractivity contribution in [3.63, 3.8) is 0 Å². The molecular formula is C9H10BrN3S.